The van der Waals surface area contributed by atoms with Gasteiger partial charge in [0.25, 0.3) is 6.43 Å². The maximum atomic E-state index is 15.3. The van der Waals surface area contributed by atoms with E-state index in [1.165, 1.54) is 24.0 Å². The fraction of sp³-hybridized carbons (Fsp3) is 0.208. The number of ether oxygens (including phenoxy) is 1. The largest absolute Gasteiger partial charge is 0.468 e. The second kappa shape index (κ2) is 10.9. The number of thioether (sulfide) groups is 1. The SMILES string of the molecule is CSc1ncc2cc(-c3ccc(NS(=O)(=O)Cc4ccccc4)c(F)c3F)c(OC(C)C(F)F)nc2n1. The Morgan fingerprint density at radius 3 is 2.43 bits per heavy atom. The minimum absolute atomic E-state index is 0.116. The zero-order chi connectivity index (χ0) is 26.7. The molecule has 0 aliphatic heterocycles. The number of halogens is 4. The Kier molecular flexibility index (Phi) is 7.83. The summed E-state index contributed by atoms with van der Waals surface area (Å²) in [5, 5.41) is 0.697. The Bertz CT molecular complexity index is 1540. The summed E-state index contributed by atoms with van der Waals surface area (Å²) in [4.78, 5) is 12.5. The maximum absolute atomic E-state index is 15.3. The van der Waals surface area contributed by atoms with Crippen molar-refractivity contribution in [3.63, 3.8) is 0 Å². The van der Waals surface area contributed by atoms with E-state index in [4.69, 9.17) is 4.74 Å². The zero-order valence-electron chi connectivity index (χ0n) is 19.5. The van der Waals surface area contributed by atoms with Gasteiger partial charge in [-0.05, 0) is 36.9 Å². The summed E-state index contributed by atoms with van der Waals surface area (Å²) in [6, 6.07) is 11.7. The lowest BCUT2D eigenvalue weighted by molar-refractivity contribution is 0.0206. The van der Waals surface area contributed by atoms with E-state index in [0.717, 1.165) is 19.1 Å². The summed E-state index contributed by atoms with van der Waals surface area (Å²) < 4.78 is 89.1. The molecule has 0 amide bonds. The van der Waals surface area contributed by atoms with Gasteiger partial charge in [0.15, 0.2) is 28.5 Å². The van der Waals surface area contributed by atoms with Gasteiger partial charge in [0.05, 0.1) is 11.4 Å². The van der Waals surface area contributed by atoms with Crippen LogP contribution in [0.3, 0.4) is 0 Å². The number of benzene rings is 2. The van der Waals surface area contributed by atoms with Crippen LogP contribution in [0.4, 0.5) is 23.2 Å². The Hall–Kier alpha value is -3.45. The number of fused-ring (bicyclic) bond motifs is 1. The molecule has 1 unspecified atom stereocenters. The first kappa shape index (κ1) is 26.6. The van der Waals surface area contributed by atoms with Gasteiger partial charge in [0.2, 0.25) is 15.9 Å². The van der Waals surface area contributed by atoms with Crippen molar-refractivity contribution in [1.82, 2.24) is 15.0 Å². The average molecular weight is 553 g/mol. The Labute approximate surface area is 214 Å². The molecule has 4 rings (SSSR count). The molecule has 4 aromatic rings. The van der Waals surface area contributed by atoms with E-state index in [9.17, 15) is 17.2 Å². The van der Waals surface area contributed by atoms with E-state index < -0.39 is 45.6 Å². The van der Waals surface area contributed by atoms with Gasteiger partial charge in [0.1, 0.15) is 0 Å². The Morgan fingerprint density at radius 2 is 1.76 bits per heavy atom. The number of aromatic nitrogens is 3. The van der Waals surface area contributed by atoms with E-state index in [1.807, 2.05) is 4.72 Å². The van der Waals surface area contributed by atoms with Gasteiger partial charge < -0.3 is 4.74 Å². The van der Waals surface area contributed by atoms with Crippen LogP contribution in [-0.4, -0.2) is 42.2 Å². The van der Waals surface area contributed by atoms with Crippen LogP contribution in [0.2, 0.25) is 0 Å². The highest BCUT2D eigenvalue weighted by molar-refractivity contribution is 7.98. The van der Waals surface area contributed by atoms with Crippen LogP contribution in [-0.2, 0) is 15.8 Å². The van der Waals surface area contributed by atoms with Crippen molar-refractivity contribution < 1.29 is 30.7 Å². The highest BCUT2D eigenvalue weighted by atomic mass is 32.2. The molecule has 2 aromatic carbocycles. The van der Waals surface area contributed by atoms with Crippen LogP contribution < -0.4 is 9.46 Å². The van der Waals surface area contributed by atoms with Gasteiger partial charge >= 0.3 is 0 Å². The molecule has 194 valence electrons. The minimum atomic E-state index is -4.07. The third kappa shape index (κ3) is 6.10. The van der Waals surface area contributed by atoms with Gasteiger partial charge in [-0.25, -0.2) is 35.9 Å². The Balaban J connectivity index is 1.75. The third-order valence-electron chi connectivity index (χ3n) is 5.18. The summed E-state index contributed by atoms with van der Waals surface area (Å²) in [7, 11) is -4.07. The van der Waals surface area contributed by atoms with Crippen LogP contribution >= 0.6 is 11.8 Å². The molecular weight excluding hydrogens is 532 g/mol. The van der Waals surface area contributed by atoms with Crippen molar-refractivity contribution in [2.45, 2.75) is 30.4 Å². The quantitative estimate of drug-likeness (QED) is 0.163. The lowest BCUT2D eigenvalue weighted by atomic mass is 10.0. The lowest BCUT2D eigenvalue weighted by Crippen LogP contribution is -2.22. The van der Waals surface area contributed by atoms with E-state index in [2.05, 4.69) is 15.0 Å². The number of alkyl halides is 2. The Morgan fingerprint density at radius 1 is 1.03 bits per heavy atom. The van der Waals surface area contributed by atoms with Gasteiger partial charge in [-0.15, -0.1) is 0 Å². The number of sulfonamides is 1. The molecule has 37 heavy (non-hydrogen) atoms. The van der Waals surface area contributed by atoms with Crippen molar-refractivity contribution in [1.29, 1.82) is 0 Å². The molecule has 1 N–H and O–H groups in total. The van der Waals surface area contributed by atoms with Crippen LogP contribution in [0.1, 0.15) is 12.5 Å². The predicted octanol–water partition coefficient (Wildman–Crippen LogP) is 5.67. The third-order valence-corrected chi connectivity index (χ3v) is 6.99. The highest BCUT2D eigenvalue weighted by Crippen LogP contribution is 2.36. The molecule has 13 heteroatoms. The monoisotopic (exact) mass is 552 g/mol. The number of anilines is 1. The maximum Gasteiger partial charge on any atom is 0.274 e. The van der Waals surface area contributed by atoms with Crippen molar-refractivity contribution in [3.05, 3.63) is 71.9 Å². The van der Waals surface area contributed by atoms with E-state index in [1.54, 1.807) is 36.6 Å². The first-order chi connectivity index (χ1) is 17.6. The summed E-state index contributed by atoms with van der Waals surface area (Å²) in [6.07, 6.45) is -1.34. The predicted molar refractivity (Wildman–Crippen MR) is 133 cm³/mol. The lowest BCUT2D eigenvalue weighted by Gasteiger charge is -2.17. The fourth-order valence-electron chi connectivity index (χ4n) is 3.37. The highest BCUT2D eigenvalue weighted by Gasteiger charge is 2.25. The topological polar surface area (TPSA) is 94.1 Å². The summed E-state index contributed by atoms with van der Waals surface area (Å²) in [5.74, 6) is -3.73. The van der Waals surface area contributed by atoms with Crippen molar-refractivity contribution >= 4 is 38.5 Å². The molecule has 0 spiro atoms. The number of nitrogens with one attached hydrogen (secondary N) is 1. The molecule has 0 saturated heterocycles. The van der Waals surface area contributed by atoms with E-state index in [0.29, 0.717) is 16.1 Å². The molecule has 2 aromatic heterocycles. The smallest absolute Gasteiger partial charge is 0.274 e. The summed E-state index contributed by atoms with van der Waals surface area (Å²) in [6.45, 7) is 1.11. The molecule has 0 aliphatic carbocycles. The molecule has 0 fully saturated rings. The van der Waals surface area contributed by atoms with Crippen molar-refractivity contribution in [2.24, 2.45) is 0 Å². The number of rotatable bonds is 9. The molecule has 0 saturated carbocycles. The molecule has 7 nitrogen and oxygen atoms in total. The molecular formula is C24H20F4N4O3S2. The molecule has 0 aliphatic rings. The summed E-state index contributed by atoms with van der Waals surface area (Å²) >= 11 is 1.23. The van der Waals surface area contributed by atoms with Gasteiger partial charge in [-0.3, -0.25) is 4.72 Å². The first-order valence-electron chi connectivity index (χ1n) is 10.8. The van der Waals surface area contributed by atoms with Crippen molar-refractivity contribution in [2.75, 3.05) is 11.0 Å². The van der Waals surface area contributed by atoms with Crippen molar-refractivity contribution in [3.8, 4) is 17.0 Å². The number of hydrogen-bond acceptors (Lipinski definition) is 7. The summed E-state index contributed by atoms with van der Waals surface area (Å²) in [5.41, 5.74) is -0.538. The second-order valence-corrected chi connectivity index (χ2v) is 10.4. The van der Waals surface area contributed by atoms with Crippen LogP contribution in [0.25, 0.3) is 22.2 Å². The fourth-order valence-corrected chi connectivity index (χ4v) is 4.91. The van der Waals surface area contributed by atoms with Gasteiger partial charge in [-0.2, -0.15) is 4.98 Å². The first-order valence-corrected chi connectivity index (χ1v) is 13.6. The second-order valence-electron chi connectivity index (χ2n) is 7.90. The molecule has 1 atom stereocenters. The van der Waals surface area contributed by atoms with E-state index in [-0.39, 0.29) is 22.7 Å². The van der Waals surface area contributed by atoms with Crippen LogP contribution in [0.15, 0.2) is 59.9 Å². The zero-order valence-corrected chi connectivity index (χ0v) is 21.1. The standard InChI is InChI=1S/C24H20F4N4O3S2/c1-13(21(27)28)35-23-17(10-15-11-29-24(36-2)31-22(15)30-23)16-8-9-18(20(26)19(16)25)32-37(33,34)12-14-6-4-3-5-7-14/h3-11,13,21,32H,12H2,1-2H3. The molecule has 0 radical (unpaired) electrons. The van der Waals surface area contributed by atoms with Crippen LogP contribution in [0, 0.1) is 11.6 Å². The van der Waals surface area contributed by atoms with Crippen LogP contribution in [0.5, 0.6) is 5.88 Å². The van der Waals surface area contributed by atoms with E-state index >= 15 is 8.78 Å². The average Bonchev–Trinajstić information content (AvgIpc) is 2.86. The molecule has 2 heterocycles. The number of pyridine rings is 1. The molecule has 0 bridgehead atoms. The minimum Gasteiger partial charge on any atom is -0.468 e. The van der Waals surface area contributed by atoms with Gasteiger partial charge in [-0.1, -0.05) is 42.1 Å². The number of nitrogens with zero attached hydrogens (tertiary/aromatic N) is 3. The number of hydrogen-bond donors (Lipinski definition) is 1. The normalized spacial score (nSPS) is 12.6. The van der Waals surface area contributed by atoms with Gasteiger partial charge in [0, 0.05) is 22.7 Å².